The van der Waals surface area contributed by atoms with Crippen molar-refractivity contribution in [1.82, 2.24) is 0 Å². The highest BCUT2D eigenvalue weighted by Crippen LogP contribution is 2.22. The molecule has 0 unspecified atom stereocenters. The van der Waals surface area contributed by atoms with E-state index in [-0.39, 0.29) is 28.5 Å². The molecule has 1 aromatic rings. The molecular formula is C16H26NO5+. The lowest BCUT2D eigenvalue weighted by atomic mass is 9.80. The van der Waals surface area contributed by atoms with Gasteiger partial charge in [-0.1, -0.05) is 12.1 Å². The molecule has 0 aromatic heterocycles. The fraction of sp³-hybridized carbons (Fsp3) is 0.562. The Morgan fingerprint density at radius 3 is 1.95 bits per heavy atom. The molecule has 0 aliphatic carbocycles. The minimum Gasteiger partial charge on any atom is -0.507 e. The Hall–Kier alpha value is -1.63. The highest BCUT2D eigenvalue weighted by molar-refractivity contribution is 5.90. The summed E-state index contributed by atoms with van der Waals surface area (Å²) in [6.07, 6.45) is 1.07. The molecule has 0 saturated carbocycles. The van der Waals surface area contributed by atoms with Gasteiger partial charge in [0.2, 0.25) is 0 Å². The summed E-state index contributed by atoms with van der Waals surface area (Å²) in [5, 5.41) is 37.3. The number of piperidine rings is 1. The number of rotatable bonds is 1. The number of quaternary nitrogens is 1. The maximum atomic E-state index is 10.3. The summed E-state index contributed by atoms with van der Waals surface area (Å²) >= 11 is 0. The monoisotopic (exact) mass is 312 g/mol. The van der Waals surface area contributed by atoms with Crippen molar-refractivity contribution in [3.8, 4) is 5.75 Å². The van der Waals surface area contributed by atoms with E-state index in [9.17, 15) is 15.1 Å². The second kappa shape index (κ2) is 6.64. The Morgan fingerprint density at radius 2 is 1.59 bits per heavy atom. The zero-order valence-corrected chi connectivity index (χ0v) is 13.5. The van der Waals surface area contributed by atoms with Gasteiger partial charge in [0, 0.05) is 12.8 Å². The largest absolute Gasteiger partial charge is 0.507 e. The van der Waals surface area contributed by atoms with Crippen LogP contribution in [0.25, 0.3) is 0 Å². The van der Waals surface area contributed by atoms with E-state index < -0.39 is 5.97 Å². The zero-order chi connectivity index (χ0) is 17.1. The van der Waals surface area contributed by atoms with Crippen LogP contribution in [0.1, 0.15) is 50.9 Å². The smallest absolute Gasteiger partial charge is 0.339 e. The molecule has 22 heavy (non-hydrogen) atoms. The molecule has 0 spiro atoms. The Kier molecular flexibility index (Phi) is 5.56. The molecule has 1 aliphatic rings. The van der Waals surface area contributed by atoms with Gasteiger partial charge in [0.05, 0.1) is 6.10 Å². The molecule has 1 heterocycles. The van der Waals surface area contributed by atoms with Gasteiger partial charge < -0.3 is 15.3 Å². The van der Waals surface area contributed by atoms with Crippen LogP contribution in [0.2, 0.25) is 0 Å². The van der Waals surface area contributed by atoms with Crippen LogP contribution >= 0.6 is 0 Å². The number of carbonyl (C=O) groups is 1. The van der Waals surface area contributed by atoms with Crippen molar-refractivity contribution in [3.05, 3.63) is 29.8 Å². The number of aliphatic hydroxyl groups is 1. The lowest BCUT2D eigenvalue weighted by Crippen LogP contribution is -3.25. The SMILES string of the molecule is CC1(C)CC(O)CC(C)(C)[NH+]1O.O=C(O)c1ccccc1O. The van der Waals surface area contributed by atoms with E-state index in [4.69, 9.17) is 10.2 Å². The molecule has 6 heteroatoms. The molecule has 1 aliphatic heterocycles. The highest BCUT2D eigenvalue weighted by atomic mass is 16.5. The molecular weight excluding hydrogens is 286 g/mol. The van der Waals surface area contributed by atoms with Crippen LogP contribution in [0.5, 0.6) is 5.75 Å². The quantitative estimate of drug-likeness (QED) is 0.534. The number of hydrogen-bond acceptors (Lipinski definition) is 4. The number of aromatic hydroxyl groups is 1. The molecule has 1 saturated heterocycles. The first kappa shape index (κ1) is 18.4. The fourth-order valence-electron chi connectivity index (χ4n) is 3.01. The van der Waals surface area contributed by atoms with Crippen molar-refractivity contribution in [2.24, 2.45) is 0 Å². The Bertz CT molecular complexity index is 509. The van der Waals surface area contributed by atoms with Crippen LogP contribution in [-0.2, 0) is 0 Å². The number of hydrogen-bond donors (Lipinski definition) is 5. The number of para-hydroxylation sites is 1. The van der Waals surface area contributed by atoms with Crippen molar-refractivity contribution in [2.45, 2.75) is 57.7 Å². The number of nitrogens with one attached hydrogen (secondary N) is 1. The van der Waals surface area contributed by atoms with Gasteiger partial charge >= 0.3 is 5.97 Å². The van der Waals surface area contributed by atoms with Crippen molar-refractivity contribution in [1.29, 1.82) is 0 Å². The molecule has 0 atom stereocenters. The highest BCUT2D eigenvalue weighted by Gasteiger charge is 2.49. The molecule has 2 rings (SSSR count). The predicted molar refractivity (Wildman–Crippen MR) is 81.2 cm³/mol. The molecule has 5 N–H and O–H groups in total. The van der Waals surface area contributed by atoms with Gasteiger partial charge in [-0.25, -0.2) is 10.0 Å². The van der Waals surface area contributed by atoms with Crippen molar-refractivity contribution in [2.75, 3.05) is 0 Å². The molecule has 0 amide bonds. The summed E-state index contributed by atoms with van der Waals surface area (Å²) in [5.74, 6) is -1.31. The first-order valence-electron chi connectivity index (χ1n) is 7.23. The molecule has 6 nitrogen and oxygen atoms in total. The van der Waals surface area contributed by atoms with Crippen LogP contribution in [0.3, 0.4) is 0 Å². The lowest BCUT2D eigenvalue weighted by molar-refractivity contribution is -1.16. The van der Waals surface area contributed by atoms with Crippen LogP contribution < -0.4 is 5.06 Å². The van der Waals surface area contributed by atoms with Gasteiger partial charge in [-0.15, -0.1) is 0 Å². The van der Waals surface area contributed by atoms with E-state index in [1.54, 1.807) is 12.1 Å². The molecule has 0 bridgehead atoms. The normalized spacial score (nSPS) is 25.7. The number of carboxylic acids is 1. The van der Waals surface area contributed by atoms with E-state index in [0.29, 0.717) is 17.9 Å². The maximum Gasteiger partial charge on any atom is 0.339 e. The third kappa shape index (κ3) is 4.43. The molecule has 124 valence electrons. The standard InChI is InChI=1S/C9H19NO2.C7H6O3/c1-8(2)5-7(11)6-9(3,4)10(8)12;8-6-4-2-1-3-5(6)7(9)10/h7,11-12H,5-6H2,1-4H3;1-4,8H,(H,9,10)/p+1. The maximum absolute atomic E-state index is 10.3. The second-order valence-electron chi connectivity index (χ2n) is 7.00. The minimum atomic E-state index is -1.11. The van der Waals surface area contributed by atoms with Gasteiger partial charge in [-0.2, -0.15) is 5.06 Å². The number of aliphatic hydroxyl groups excluding tert-OH is 1. The number of aromatic carboxylic acids is 1. The first-order valence-corrected chi connectivity index (χ1v) is 7.23. The number of carboxylic acid groups (broad SMARTS) is 1. The van der Waals surface area contributed by atoms with E-state index in [1.165, 1.54) is 12.1 Å². The Labute approximate surface area is 130 Å². The Morgan fingerprint density at radius 1 is 1.14 bits per heavy atom. The lowest BCUT2D eigenvalue weighted by Gasteiger charge is -2.45. The predicted octanol–water partition coefficient (Wildman–Crippen LogP) is 1.06. The van der Waals surface area contributed by atoms with Crippen molar-refractivity contribution >= 4 is 5.97 Å². The van der Waals surface area contributed by atoms with Crippen molar-refractivity contribution < 1.29 is 30.4 Å². The van der Waals surface area contributed by atoms with Crippen LogP contribution in [-0.4, -0.2) is 43.7 Å². The summed E-state index contributed by atoms with van der Waals surface area (Å²) < 4.78 is 0. The van der Waals surface area contributed by atoms with Gasteiger partial charge in [0.1, 0.15) is 22.4 Å². The fourth-order valence-corrected chi connectivity index (χ4v) is 3.01. The molecule has 1 aromatic carbocycles. The van der Waals surface area contributed by atoms with Crippen LogP contribution in [0.15, 0.2) is 24.3 Å². The zero-order valence-electron chi connectivity index (χ0n) is 13.5. The van der Waals surface area contributed by atoms with Gasteiger partial charge in [-0.05, 0) is 39.8 Å². The minimum absolute atomic E-state index is 0.0671. The number of hydroxylamine groups is 2. The average molecular weight is 312 g/mol. The second-order valence-corrected chi connectivity index (χ2v) is 7.00. The van der Waals surface area contributed by atoms with E-state index in [2.05, 4.69) is 0 Å². The van der Waals surface area contributed by atoms with Gasteiger partial charge in [-0.3, -0.25) is 0 Å². The summed E-state index contributed by atoms with van der Waals surface area (Å²) in [6, 6.07) is 5.81. The third-order valence-corrected chi connectivity index (χ3v) is 3.91. The summed E-state index contributed by atoms with van der Waals surface area (Å²) in [4.78, 5) is 10.3. The number of phenols is 1. The number of benzene rings is 1. The topological polar surface area (TPSA) is 102 Å². The summed E-state index contributed by atoms with van der Waals surface area (Å²) in [5.41, 5.74) is -0.537. The van der Waals surface area contributed by atoms with Crippen molar-refractivity contribution in [3.63, 3.8) is 0 Å². The van der Waals surface area contributed by atoms with Crippen LogP contribution in [0.4, 0.5) is 0 Å². The van der Waals surface area contributed by atoms with Gasteiger partial charge in [0.25, 0.3) is 0 Å². The Balaban J connectivity index is 0.000000224. The van der Waals surface area contributed by atoms with Gasteiger partial charge in [0.15, 0.2) is 0 Å². The average Bonchev–Trinajstić information content (AvgIpc) is 2.36. The van der Waals surface area contributed by atoms with E-state index in [1.807, 2.05) is 27.7 Å². The third-order valence-electron chi connectivity index (χ3n) is 3.91. The first-order chi connectivity index (χ1) is 9.97. The van der Waals surface area contributed by atoms with E-state index in [0.717, 1.165) is 0 Å². The van der Waals surface area contributed by atoms with Crippen LogP contribution in [0, 0.1) is 0 Å². The summed E-state index contributed by atoms with van der Waals surface area (Å²) in [6.45, 7) is 7.91. The molecule has 1 fully saturated rings. The van der Waals surface area contributed by atoms with E-state index >= 15 is 0 Å². The molecule has 0 radical (unpaired) electrons. The summed E-state index contributed by atoms with van der Waals surface area (Å²) in [7, 11) is 0.